The van der Waals surface area contributed by atoms with Gasteiger partial charge >= 0.3 is 5.97 Å². The molecular weight excluding hydrogens is 428 g/mol. The number of aromatic nitrogens is 4. The summed E-state index contributed by atoms with van der Waals surface area (Å²) in [5.74, 6) is -2.02. The van der Waals surface area contributed by atoms with Crippen molar-refractivity contribution >= 4 is 33.6 Å². The minimum Gasteiger partial charge on any atom is -0.481 e. The van der Waals surface area contributed by atoms with Crippen molar-refractivity contribution in [2.24, 2.45) is 24.8 Å². The fourth-order valence-electron chi connectivity index (χ4n) is 6.03. The molecule has 3 N–H and O–H groups in total. The predicted molar refractivity (Wildman–Crippen MR) is 120 cm³/mol. The van der Waals surface area contributed by atoms with E-state index in [9.17, 15) is 14.3 Å². The third-order valence-electron chi connectivity index (χ3n) is 7.58. The van der Waals surface area contributed by atoms with Gasteiger partial charge in [-0.15, -0.1) is 0 Å². The lowest BCUT2D eigenvalue weighted by Crippen LogP contribution is -2.51. The SMILES string of the molecule is Cn1ncc2c(-c3c[nH]c4ncc(F)cc34)cc(N[C@H]3[C@H]4CC[C@H](CC4)[C@@H]3C(=O)O)c(F)c21. The lowest BCUT2D eigenvalue weighted by Gasteiger charge is -2.47. The Bertz CT molecular complexity index is 1400. The molecule has 3 heterocycles. The Morgan fingerprint density at radius 1 is 1.12 bits per heavy atom. The zero-order chi connectivity index (χ0) is 22.9. The zero-order valence-corrected chi connectivity index (χ0v) is 18.0. The number of aromatic amines is 1. The molecule has 3 aliphatic carbocycles. The molecule has 9 heteroatoms. The fourth-order valence-corrected chi connectivity index (χ4v) is 6.03. The number of hydrogen-bond donors (Lipinski definition) is 3. The van der Waals surface area contributed by atoms with Crippen LogP contribution in [-0.4, -0.2) is 36.9 Å². The van der Waals surface area contributed by atoms with Crippen LogP contribution in [0.1, 0.15) is 25.7 Å². The molecule has 170 valence electrons. The van der Waals surface area contributed by atoms with Crippen LogP contribution in [0.4, 0.5) is 14.5 Å². The first-order valence-electron chi connectivity index (χ1n) is 11.2. The number of fused-ring (bicyclic) bond motifs is 5. The summed E-state index contributed by atoms with van der Waals surface area (Å²) in [6.45, 7) is 0. The van der Waals surface area contributed by atoms with Crippen molar-refractivity contribution in [2.75, 3.05) is 5.32 Å². The van der Waals surface area contributed by atoms with Crippen LogP contribution in [0.5, 0.6) is 0 Å². The Morgan fingerprint density at radius 3 is 2.64 bits per heavy atom. The second-order valence-corrected chi connectivity index (χ2v) is 9.28. The first-order valence-corrected chi connectivity index (χ1v) is 11.2. The van der Waals surface area contributed by atoms with Gasteiger partial charge in [-0.3, -0.25) is 9.48 Å². The monoisotopic (exact) mass is 451 g/mol. The van der Waals surface area contributed by atoms with Gasteiger partial charge in [-0.25, -0.2) is 13.8 Å². The van der Waals surface area contributed by atoms with E-state index >= 15 is 4.39 Å². The van der Waals surface area contributed by atoms with E-state index < -0.39 is 23.5 Å². The van der Waals surface area contributed by atoms with Gasteiger partial charge in [-0.05, 0) is 55.2 Å². The number of carboxylic acids is 1. The number of pyridine rings is 1. The number of rotatable bonds is 4. The molecule has 2 atom stereocenters. The molecular formula is C24H23F2N5O2. The molecule has 0 aliphatic heterocycles. The standard InChI is InChI=1S/C24H23F2N5O2/c1-31-22-17(10-29-31)14(16-9-28-23-15(16)6-13(25)8-27-23)7-18(20(22)26)30-21-12-4-2-11(3-5-12)19(21)24(32)33/h6-12,19,21,30H,2-5H2,1H3,(H,27,28)(H,32,33)/t11-,12+,19-,21-/m0/s1. The third-order valence-corrected chi connectivity index (χ3v) is 7.58. The molecule has 1 aromatic carbocycles. The van der Waals surface area contributed by atoms with Gasteiger partial charge < -0.3 is 15.4 Å². The number of benzene rings is 1. The Kier molecular flexibility index (Phi) is 4.43. The lowest BCUT2D eigenvalue weighted by molar-refractivity contribution is -0.148. The number of aryl methyl sites for hydroxylation is 1. The van der Waals surface area contributed by atoms with Gasteiger partial charge in [0.15, 0.2) is 5.82 Å². The number of nitrogens with one attached hydrogen (secondary N) is 2. The maximum absolute atomic E-state index is 15.7. The smallest absolute Gasteiger partial charge is 0.308 e. The van der Waals surface area contributed by atoms with Crippen LogP contribution < -0.4 is 5.32 Å². The summed E-state index contributed by atoms with van der Waals surface area (Å²) >= 11 is 0. The first kappa shape index (κ1) is 20.1. The van der Waals surface area contributed by atoms with Crippen molar-refractivity contribution in [1.82, 2.24) is 19.7 Å². The maximum atomic E-state index is 15.7. The van der Waals surface area contributed by atoms with Crippen LogP contribution in [0.15, 0.2) is 30.7 Å². The van der Waals surface area contributed by atoms with Gasteiger partial charge in [0, 0.05) is 35.6 Å². The molecule has 3 aliphatic rings. The van der Waals surface area contributed by atoms with E-state index in [1.807, 2.05) is 0 Å². The van der Waals surface area contributed by atoms with Gasteiger partial charge in [0.05, 0.1) is 24.0 Å². The van der Waals surface area contributed by atoms with Crippen molar-refractivity contribution in [1.29, 1.82) is 0 Å². The minimum absolute atomic E-state index is 0.107. The molecule has 0 radical (unpaired) electrons. The quantitative estimate of drug-likeness (QED) is 0.418. The number of carbonyl (C=O) groups is 1. The average Bonchev–Trinajstić information content (AvgIpc) is 3.40. The van der Waals surface area contributed by atoms with Crippen LogP contribution in [-0.2, 0) is 11.8 Å². The van der Waals surface area contributed by atoms with Gasteiger partial charge in [0.25, 0.3) is 0 Å². The Balaban J connectivity index is 1.52. The number of nitrogens with zero attached hydrogens (tertiary/aromatic N) is 3. The van der Waals surface area contributed by atoms with Gasteiger partial charge in [-0.1, -0.05) is 0 Å². The molecule has 33 heavy (non-hydrogen) atoms. The van der Waals surface area contributed by atoms with Gasteiger partial charge in [0.2, 0.25) is 0 Å². The normalized spacial score (nSPS) is 24.6. The highest BCUT2D eigenvalue weighted by molar-refractivity contribution is 6.05. The fraction of sp³-hybridized carbons (Fsp3) is 0.375. The van der Waals surface area contributed by atoms with E-state index in [2.05, 4.69) is 20.4 Å². The largest absolute Gasteiger partial charge is 0.481 e. The van der Waals surface area contributed by atoms with Crippen molar-refractivity contribution in [3.8, 4) is 11.1 Å². The van der Waals surface area contributed by atoms with Crippen molar-refractivity contribution < 1.29 is 18.7 Å². The number of hydrogen-bond acceptors (Lipinski definition) is 4. The lowest BCUT2D eigenvalue weighted by atomic mass is 9.61. The third kappa shape index (κ3) is 3.02. The highest BCUT2D eigenvalue weighted by Crippen LogP contribution is 2.47. The van der Waals surface area contributed by atoms with E-state index in [0.29, 0.717) is 33.1 Å². The average molecular weight is 451 g/mol. The summed E-state index contributed by atoms with van der Waals surface area (Å²) in [6.07, 6.45) is 8.16. The molecule has 7 rings (SSSR count). The summed E-state index contributed by atoms with van der Waals surface area (Å²) in [4.78, 5) is 19.2. The number of anilines is 1. The highest BCUT2D eigenvalue weighted by atomic mass is 19.1. The number of aliphatic carboxylic acids is 1. The molecule has 3 aromatic heterocycles. The van der Waals surface area contributed by atoms with Crippen LogP contribution >= 0.6 is 0 Å². The molecule has 0 amide bonds. The van der Waals surface area contributed by atoms with Gasteiger partial charge in [-0.2, -0.15) is 5.10 Å². The summed E-state index contributed by atoms with van der Waals surface area (Å²) in [5.41, 5.74) is 2.43. The van der Waals surface area contributed by atoms with E-state index in [1.165, 1.54) is 10.7 Å². The topological polar surface area (TPSA) is 95.8 Å². The van der Waals surface area contributed by atoms with E-state index in [1.54, 1.807) is 25.5 Å². The molecule has 7 nitrogen and oxygen atoms in total. The summed E-state index contributed by atoms with van der Waals surface area (Å²) in [5, 5.41) is 18.6. The van der Waals surface area contributed by atoms with Crippen molar-refractivity contribution in [3.63, 3.8) is 0 Å². The minimum atomic E-state index is -0.831. The molecule has 0 unspecified atom stereocenters. The van der Waals surface area contributed by atoms with Gasteiger partial charge in [0.1, 0.15) is 17.0 Å². The molecule has 3 saturated carbocycles. The molecule has 2 bridgehead atoms. The molecule has 3 fully saturated rings. The highest BCUT2D eigenvalue weighted by Gasteiger charge is 2.47. The van der Waals surface area contributed by atoms with E-state index in [-0.39, 0.29) is 23.6 Å². The first-order chi connectivity index (χ1) is 15.9. The second-order valence-electron chi connectivity index (χ2n) is 9.28. The molecule has 4 aromatic rings. The predicted octanol–water partition coefficient (Wildman–Crippen LogP) is 4.70. The van der Waals surface area contributed by atoms with Crippen LogP contribution in [0.25, 0.3) is 33.1 Å². The van der Waals surface area contributed by atoms with E-state index in [0.717, 1.165) is 31.9 Å². The Morgan fingerprint density at radius 2 is 1.88 bits per heavy atom. The number of H-pyrrole nitrogens is 1. The molecule has 0 spiro atoms. The van der Waals surface area contributed by atoms with Crippen molar-refractivity contribution in [3.05, 3.63) is 42.4 Å². The summed E-state index contributed by atoms with van der Waals surface area (Å²) in [7, 11) is 1.66. The molecule has 0 saturated heterocycles. The van der Waals surface area contributed by atoms with Crippen LogP contribution in [0.3, 0.4) is 0 Å². The second kappa shape index (κ2) is 7.26. The summed E-state index contributed by atoms with van der Waals surface area (Å²) < 4.78 is 31.2. The Hall–Kier alpha value is -3.49. The van der Waals surface area contributed by atoms with Crippen molar-refractivity contribution in [2.45, 2.75) is 31.7 Å². The van der Waals surface area contributed by atoms with E-state index in [4.69, 9.17) is 0 Å². The van der Waals surface area contributed by atoms with Crippen LogP contribution in [0, 0.1) is 29.4 Å². The van der Waals surface area contributed by atoms with Crippen LogP contribution in [0.2, 0.25) is 0 Å². The zero-order valence-electron chi connectivity index (χ0n) is 18.0. The number of carboxylic acid groups (broad SMARTS) is 1. The summed E-state index contributed by atoms with van der Waals surface area (Å²) in [6, 6.07) is 2.74. The maximum Gasteiger partial charge on any atom is 0.308 e. The number of halogens is 2. The Labute approximate surface area is 187 Å².